The average Bonchev–Trinajstić information content (AvgIpc) is 1.56. The first-order valence-electron chi connectivity index (χ1n) is 41.4. The van der Waals surface area contributed by atoms with Gasteiger partial charge in [0.1, 0.15) is 0 Å². The van der Waals surface area contributed by atoms with E-state index in [1.165, 1.54) is 84.0 Å². The van der Waals surface area contributed by atoms with Crippen molar-refractivity contribution in [3.63, 3.8) is 0 Å². The van der Waals surface area contributed by atoms with Gasteiger partial charge < -0.3 is 9.13 Å². The summed E-state index contributed by atoms with van der Waals surface area (Å²) in [4.78, 5) is 41.5. The van der Waals surface area contributed by atoms with E-state index < -0.39 is 0 Å². The standard InChI is InChI=1S/2C56H35N5S/c1-5-16-36(17-6-1)39-22-15-23-40(32-39)42-34-47(56-59-54(37-18-7-2-8-19-37)58-55(60-56)38-20-9-3-10-21-38)52(57-35-42)41-28-31-50-46(33-41)44-29-30-49-51(53(44)62-50)45-26-13-14-27-48(45)61(49)43-24-11-4-12-25-43;1-5-16-36(17-6-1)39-22-15-23-40(32-39)42-33-47(56-59-54(37-18-7-2-8-19-37)58-55(60-56)38-20-9-3-10-21-38)52(57-35-42)41-28-29-44-45-30-31-49-51(53(45)62-50(44)34-41)46-26-13-14-27-48(46)61(49)43-24-11-4-12-25-43/h2*1-35H. The van der Waals surface area contributed by atoms with Crippen molar-refractivity contribution < 1.29 is 0 Å². The smallest absolute Gasteiger partial charge is 0.166 e. The first-order chi connectivity index (χ1) is 61.5. The van der Waals surface area contributed by atoms with Crippen LogP contribution in [0, 0.1) is 0 Å². The van der Waals surface area contributed by atoms with Crippen molar-refractivity contribution in [3.8, 4) is 147 Å². The second kappa shape index (κ2) is 31.2. The Labute approximate surface area is 722 Å². The number of fused-ring (bicyclic) bond motifs is 14. The summed E-state index contributed by atoms with van der Waals surface area (Å²) in [5.74, 6) is 3.55. The Bertz CT molecular complexity index is 7970. The number of benzene rings is 16. The Morgan fingerprint density at radius 3 is 0.927 bits per heavy atom. The van der Waals surface area contributed by atoms with Gasteiger partial charge in [0.05, 0.1) is 33.5 Å². The van der Waals surface area contributed by atoms with Gasteiger partial charge in [-0.05, 0) is 124 Å². The van der Waals surface area contributed by atoms with Gasteiger partial charge in [0.2, 0.25) is 0 Å². The van der Waals surface area contributed by atoms with Gasteiger partial charge in [-0.1, -0.05) is 322 Å². The van der Waals surface area contributed by atoms with Crippen LogP contribution in [0.3, 0.4) is 0 Å². The number of pyridine rings is 2. The van der Waals surface area contributed by atoms with E-state index in [4.69, 9.17) is 39.9 Å². The summed E-state index contributed by atoms with van der Waals surface area (Å²) >= 11 is 3.69. The maximum atomic E-state index is 5.31. The van der Waals surface area contributed by atoms with E-state index >= 15 is 0 Å². The molecule has 24 rings (SSSR count). The first kappa shape index (κ1) is 73.1. The SMILES string of the molecule is c1ccc(-c2cccc(-c3cnc(-c4ccc5c(c4)sc4c5ccc5c4c4ccccc4n5-c4ccccc4)c(-c4nc(-c5ccccc5)nc(-c5ccccc5)n4)c3)c2)cc1.c1ccc(-c2cccc(-c3cnc(-c4ccc5sc6c(ccc7c6c6ccccc6n7-c6ccccc6)c5c4)c(-c4nc(-c5ccccc5)nc(-c5ccccc5)n4)c3)c2)cc1. The molecule has 0 saturated carbocycles. The van der Waals surface area contributed by atoms with Gasteiger partial charge in [-0.2, -0.15) is 0 Å². The zero-order valence-electron chi connectivity index (χ0n) is 66.7. The highest BCUT2D eigenvalue weighted by Crippen LogP contribution is 2.49. The highest BCUT2D eigenvalue weighted by molar-refractivity contribution is 7.27. The Morgan fingerprint density at radius 1 is 0.185 bits per heavy atom. The van der Waals surface area contributed by atoms with Crippen LogP contribution in [-0.2, 0) is 0 Å². The van der Waals surface area contributed by atoms with Crippen LogP contribution in [0.2, 0.25) is 0 Å². The highest BCUT2D eigenvalue weighted by Gasteiger charge is 2.26. The molecule has 0 atom stereocenters. The summed E-state index contributed by atoms with van der Waals surface area (Å²) in [6.07, 6.45) is 3.97. The van der Waals surface area contributed by atoms with E-state index in [2.05, 4.69) is 288 Å². The average molecular weight is 1620 g/mol. The van der Waals surface area contributed by atoms with E-state index in [1.54, 1.807) is 0 Å². The fraction of sp³-hybridized carbons (Fsp3) is 0. The van der Waals surface area contributed by atoms with E-state index in [-0.39, 0.29) is 0 Å². The molecule has 24 aromatic rings. The normalized spacial score (nSPS) is 11.5. The predicted molar refractivity (Wildman–Crippen MR) is 515 cm³/mol. The summed E-state index contributed by atoms with van der Waals surface area (Å²) in [6.45, 7) is 0. The van der Waals surface area contributed by atoms with Gasteiger partial charge in [-0.3, -0.25) is 9.97 Å². The molecular formula is C112H70N10S2. The molecule has 8 heterocycles. The molecule has 124 heavy (non-hydrogen) atoms. The molecule has 0 bridgehead atoms. The van der Waals surface area contributed by atoms with Gasteiger partial charge in [0.15, 0.2) is 34.9 Å². The van der Waals surface area contributed by atoms with Gasteiger partial charge >= 0.3 is 0 Å². The minimum atomic E-state index is 0.562. The topological polar surface area (TPSA) is 113 Å². The quantitative estimate of drug-likeness (QED) is 0.106. The molecule has 0 amide bonds. The second-order valence-electron chi connectivity index (χ2n) is 30.9. The summed E-state index contributed by atoms with van der Waals surface area (Å²) in [7, 11) is 0. The van der Waals surface area contributed by atoms with Gasteiger partial charge in [0.25, 0.3) is 0 Å². The van der Waals surface area contributed by atoms with Crippen molar-refractivity contribution in [2.24, 2.45) is 0 Å². The van der Waals surface area contributed by atoms with E-state index in [9.17, 15) is 0 Å². The number of nitrogens with zero attached hydrogens (tertiary/aromatic N) is 10. The molecule has 0 aliphatic carbocycles. The number of aromatic nitrogens is 10. The molecule has 0 radical (unpaired) electrons. The molecule has 0 aliphatic rings. The predicted octanol–water partition coefficient (Wildman–Crippen LogP) is 29.5. The Morgan fingerprint density at radius 2 is 0.508 bits per heavy atom. The lowest BCUT2D eigenvalue weighted by Gasteiger charge is -2.14. The fourth-order valence-corrected chi connectivity index (χ4v) is 20.0. The van der Waals surface area contributed by atoms with Crippen LogP contribution in [0.5, 0.6) is 0 Å². The zero-order chi connectivity index (χ0) is 82.0. The zero-order valence-corrected chi connectivity index (χ0v) is 68.3. The molecule has 16 aromatic carbocycles. The summed E-state index contributed by atoms with van der Waals surface area (Å²) in [5.41, 5.74) is 24.7. The Balaban J connectivity index is 0.000000143. The van der Waals surface area contributed by atoms with Crippen LogP contribution in [0.15, 0.2) is 425 Å². The van der Waals surface area contributed by atoms with Crippen molar-refractivity contribution in [3.05, 3.63) is 425 Å². The maximum absolute atomic E-state index is 5.31. The maximum Gasteiger partial charge on any atom is 0.166 e. The number of hydrogen-bond donors (Lipinski definition) is 0. The third kappa shape index (κ3) is 13.3. The molecule has 0 N–H and O–H groups in total. The molecule has 10 nitrogen and oxygen atoms in total. The van der Waals surface area contributed by atoms with Gasteiger partial charge in [0, 0.05) is 141 Å². The number of hydrogen-bond acceptors (Lipinski definition) is 10. The molecule has 0 saturated heterocycles. The molecule has 580 valence electrons. The lowest BCUT2D eigenvalue weighted by Crippen LogP contribution is -2.02. The number of para-hydroxylation sites is 4. The summed E-state index contributed by atoms with van der Waals surface area (Å²) in [5, 5.41) is 9.94. The lowest BCUT2D eigenvalue weighted by atomic mass is 9.96. The molecule has 8 aromatic heterocycles. The minimum absolute atomic E-state index is 0.562. The summed E-state index contributed by atoms with van der Waals surface area (Å²) < 4.78 is 9.74. The van der Waals surface area contributed by atoms with Crippen molar-refractivity contribution in [2.75, 3.05) is 0 Å². The fourth-order valence-electron chi connectivity index (χ4n) is 17.5. The van der Waals surface area contributed by atoms with E-state index in [1.807, 2.05) is 169 Å². The molecule has 0 fully saturated rings. The minimum Gasteiger partial charge on any atom is -0.309 e. The van der Waals surface area contributed by atoms with Crippen LogP contribution in [0.25, 0.3) is 231 Å². The van der Waals surface area contributed by atoms with Crippen LogP contribution < -0.4 is 0 Å². The van der Waals surface area contributed by atoms with Crippen molar-refractivity contribution >= 4 is 107 Å². The van der Waals surface area contributed by atoms with E-state index in [0.29, 0.717) is 34.9 Å². The number of rotatable bonds is 14. The van der Waals surface area contributed by atoms with Crippen molar-refractivity contribution in [1.82, 2.24) is 49.0 Å². The molecule has 0 spiro atoms. The van der Waals surface area contributed by atoms with Crippen molar-refractivity contribution in [2.45, 2.75) is 0 Å². The second-order valence-corrected chi connectivity index (χ2v) is 33.0. The van der Waals surface area contributed by atoms with Crippen LogP contribution in [-0.4, -0.2) is 49.0 Å². The first-order valence-corrected chi connectivity index (χ1v) is 43.1. The van der Waals surface area contributed by atoms with Crippen molar-refractivity contribution in [1.29, 1.82) is 0 Å². The van der Waals surface area contributed by atoms with E-state index in [0.717, 1.165) is 112 Å². The third-order valence-corrected chi connectivity index (χ3v) is 25.8. The van der Waals surface area contributed by atoms with Gasteiger partial charge in [-0.15, -0.1) is 22.7 Å². The molecule has 0 unspecified atom stereocenters. The highest BCUT2D eigenvalue weighted by atomic mass is 32.1. The van der Waals surface area contributed by atoms with Crippen LogP contribution in [0.4, 0.5) is 0 Å². The molecular weight excluding hydrogens is 1550 g/mol. The monoisotopic (exact) mass is 1620 g/mol. The van der Waals surface area contributed by atoms with Gasteiger partial charge in [-0.25, -0.2) is 29.9 Å². The lowest BCUT2D eigenvalue weighted by molar-refractivity contribution is 1.07. The molecule has 0 aliphatic heterocycles. The number of thiophene rings is 2. The Kier molecular flexibility index (Phi) is 18.4. The van der Waals surface area contributed by atoms with Crippen LogP contribution in [0.1, 0.15) is 0 Å². The molecule has 12 heteroatoms. The third-order valence-electron chi connectivity index (χ3n) is 23.4. The van der Waals surface area contributed by atoms with Crippen LogP contribution >= 0.6 is 22.7 Å². The largest absolute Gasteiger partial charge is 0.309 e. The summed E-state index contributed by atoms with van der Waals surface area (Å²) in [6, 6.07) is 145. The Hall–Kier alpha value is -16.1.